The largest absolute Gasteiger partial charge is 0.487 e. The molecule has 0 spiro atoms. The summed E-state index contributed by atoms with van der Waals surface area (Å²) in [6.45, 7) is 0.982. The van der Waals surface area contributed by atoms with Crippen molar-refractivity contribution in [3.63, 3.8) is 0 Å². The van der Waals surface area contributed by atoms with Gasteiger partial charge in [0.1, 0.15) is 18.2 Å². The SMILES string of the molecule is O=C(O)[C@H]1CCCC[C@H]1c1nc2cc(OCc3ccc4ccccc4n3)ccc2n1Cc1ccc(Br)cc1. The minimum absolute atomic E-state index is 0.115. The van der Waals surface area contributed by atoms with Gasteiger partial charge in [0.05, 0.1) is 28.2 Å². The predicted molar refractivity (Wildman–Crippen MR) is 151 cm³/mol. The Bertz CT molecular complexity index is 1610. The second kappa shape index (κ2) is 10.6. The molecule has 2 heterocycles. The maximum absolute atomic E-state index is 12.1. The van der Waals surface area contributed by atoms with Crippen LogP contribution in [0.1, 0.15) is 48.7 Å². The lowest BCUT2D eigenvalue weighted by atomic mass is 9.78. The van der Waals surface area contributed by atoms with Crippen molar-refractivity contribution in [1.82, 2.24) is 14.5 Å². The first-order valence-corrected chi connectivity index (χ1v) is 13.8. The summed E-state index contributed by atoms with van der Waals surface area (Å²) in [5.74, 6) is 0.298. The maximum atomic E-state index is 12.1. The minimum atomic E-state index is -0.733. The van der Waals surface area contributed by atoms with Crippen LogP contribution >= 0.6 is 15.9 Å². The molecular weight excluding hydrogens is 542 g/mol. The zero-order valence-corrected chi connectivity index (χ0v) is 22.5. The number of ether oxygens (including phenoxy) is 1. The maximum Gasteiger partial charge on any atom is 0.307 e. The number of aromatic nitrogens is 3. The van der Waals surface area contributed by atoms with Gasteiger partial charge in [0.15, 0.2) is 0 Å². The Hall–Kier alpha value is -3.71. The number of imidazole rings is 1. The average molecular weight is 570 g/mol. The summed E-state index contributed by atoms with van der Waals surface area (Å²) in [6.07, 6.45) is 3.48. The standard InChI is InChI=1S/C31H28BrN3O3/c32-22-12-9-20(10-13-22)18-35-29-16-15-24(38-19-23-14-11-21-5-1-4-8-27(21)33-23)17-28(29)34-30(35)25-6-2-3-7-26(25)31(36)37/h1,4-5,8-17,25-26H,2-3,6-7,18-19H2,(H,36,37)/t25-,26+/m1/s1. The van der Waals surface area contributed by atoms with Crippen LogP contribution in [0.5, 0.6) is 5.75 Å². The zero-order chi connectivity index (χ0) is 26.1. The van der Waals surface area contributed by atoms with Crippen LogP contribution in [0.25, 0.3) is 21.9 Å². The Morgan fingerprint density at radius 1 is 0.947 bits per heavy atom. The average Bonchev–Trinajstić information content (AvgIpc) is 3.30. The lowest BCUT2D eigenvalue weighted by molar-refractivity contribution is -0.143. The van der Waals surface area contributed by atoms with Gasteiger partial charge >= 0.3 is 5.97 Å². The number of carboxylic acids is 1. The van der Waals surface area contributed by atoms with Gasteiger partial charge in [-0.1, -0.05) is 65.2 Å². The number of aliphatic carboxylic acids is 1. The molecule has 1 N–H and O–H groups in total. The number of hydrogen-bond acceptors (Lipinski definition) is 4. The van der Waals surface area contributed by atoms with Crippen LogP contribution in [0, 0.1) is 5.92 Å². The van der Waals surface area contributed by atoms with Crippen molar-refractivity contribution in [1.29, 1.82) is 0 Å². The van der Waals surface area contributed by atoms with Crippen LogP contribution < -0.4 is 4.74 Å². The van der Waals surface area contributed by atoms with E-state index in [1.807, 2.05) is 60.7 Å². The molecule has 38 heavy (non-hydrogen) atoms. The number of rotatable bonds is 7. The van der Waals surface area contributed by atoms with E-state index >= 15 is 0 Å². The molecule has 7 heteroatoms. The van der Waals surface area contributed by atoms with E-state index in [1.165, 1.54) is 0 Å². The highest BCUT2D eigenvalue weighted by molar-refractivity contribution is 9.10. The number of nitrogens with zero attached hydrogens (tertiary/aromatic N) is 3. The lowest BCUT2D eigenvalue weighted by Gasteiger charge is -2.28. The van der Waals surface area contributed by atoms with Crippen molar-refractivity contribution >= 4 is 43.8 Å². The van der Waals surface area contributed by atoms with Crippen LogP contribution in [0.15, 0.2) is 83.3 Å². The van der Waals surface area contributed by atoms with Crippen molar-refractivity contribution in [2.45, 2.75) is 44.8 Å². The highest BCUT2D eigenvalue weighted by atomic mass is 79.9. The second-order valence-electron chi connectivity index (χ2n) is 9.95. The first-order chi connectivity index (χ1) is 18.5. The number of carboxylic acid groups (broad SMARTS) is 1. The third-order valence-electron chi connectivity index (χ3n) is 7.46. The molecule has 0 saturated heterocycles. The highest BCUT2D eigenvalue weighted by Crippen LogP contribution is 2.39. The molecule has 0 radical (unpaired) electrons. The number of benzene rings is 3. The fraction of sp³-hybridized carbons (Fsp3) is 0.258. The van der Waals surface area contributed by atoms with Gasteiger partial charge in [-0.2, -0.15) is 0 Å². The van der Waals surface area contributed by atoms with Crippen molar-refractivity contribution in [3.8, 4) is 5.75 Å². The van der Waals surface area contributed by atoms with Crippen LogP contribution in [-0.2, 0) is 17.9 Å². The first kappa shape index (κ1) is 24.6. The van der Waals surface area contributed by atoms with E-state index in [0.717, 1.165) is 62.8 Å². The number of hydrogen-bond donors (Lipinski definition) is 1. The highest BCUT2D eigenvalue weighted by Gasteiger charge is 2.35. The molecule has 0 bridgehead atoms. The normalized spacial score (nSPS) is 17.6. The third kappa shape index (κ3) is 5.03. The number of pyridine rings is 1. The Labute approximate surface area is 229 Å². The van der Waals surface area contributed by atoms with Crippen LogP contribution in [-0.4, -0.2) is 25.6 Å². The molecule has 1 saturated carbocycles. The van der Waals surface area contributed by atoms with Gasteiger partial charge < -0.3 is 14.4 Å². The minimum Gasteiger partial charge on any atom is -0.487 e. The van der Waals surface area contributed by atoms with Gasteiger partial charge in [-0.15, -0.1) is 0 Å². The molecule has 0 amide bonds. The molecule has 192 valence electrons. The van der Waals surface area contributed by atoms with E-state index in [2.05, 4.69) is 38.7 Å². The molecule has 6 nitrogen and oxygen atoms in total. The lowest BCUT2D eigenvalue weighted by Crippen LogP contribution is -2.27. The Balaban J connectivity index is 1.33. The van der Waals surface area contributed by atoms with Gasteiger partial charge in [-0.05, 0) is 54.8 Å². The summed E-state index contributed by atoms with van der Waals surface area (Å²) in [5.41, 5.74) is 4.74. The van der Waals surface area contributed by atoms with E-state index in [-0.39, 0.29) is 5.92 Å². The summed E-state index contributed by atoms with van der Waals surface area (Å²) in [6, 6.07) is 26.3. The zero-order valence-electron chi connectivity index (χ0n) is 20.9. The monoisotopic (exact) mass is 569 g/mol. The van der Waals surface area contributed by atoms with E-state index in [0.29, 0.717) is 25.3 Å². The van der Waals surface area contributed by atoms with Gasteiger partial charge in [0, 0.05) is 28.4 Å². The number of halogens is 1. The smallest absolute Gasteiger partial charge is 0.307 e. The van der Waals surface area contributed by atoms with E-state index in [9.17, 15) is 9.90 Å². The number of fused-ring (bicyclic) bond motifs is 2. The van der Waals surface area contributed by atoms with Crippen LogP contribution in [0.2, 0.25) is 0 Å². The third-order valence-corrected chi connectivity index (χ3v) is 7.99. The first-order valence-electron chi connectivity index (χ1n) is 13.0. The Morgan fingerprint density at radius 3 is 2.61 bits per heavy atom. The van der Waals surface area contributed by atoms with E-state index < -0.39 is 11.9 Å². The van der Waals surface area contributed by atoms with Crippen molar-refractivity contribution < 1.29 is 14.6 Å². The summed E-state index contributed by atoms with van der Waals surface area (Å²) in [7, 11) is 0. The summed E-state index contributed by atoms with van der Waals surface area (Å²) in [4.78, 5) is 21.9. The predicted octanol–water partition coefficient (Wildman–Crippen LogP) is 7.33. The fourth-order valence-corrected chi connectivity index (χ4v) is 5.79. The molecule has 1 fully saturated rings. The molecule has 3 aromatic carbocycles. The summed E-state index contributed by atoms with van der Waals surface area (Å²) in [5, 5.41) is 11.1. The van der Waals surface area contributed by atoms with Crippen LogP contribution in [0.3, 0.4) is 0 Å². The Morgan fingerprint density at radius 2 is 1.76 bits per heavy atom. The summed E-state index contributed by atoms with van der Waals surface area (Å²) < 4.78 is 9.34. The molecule has 6 rings (SSSR count). The van der Waals surface area contributed by atoms with Gasteiger partial charge in [0.25, 0.3) is 0 Å². The molecule has 5 aromatic rings. The van der Waals surface area contributed by atoms with Gasteiger partial charge in [0.2, 0.25) is 0 Å². The van der Waals surface area contributed by atoms with E-state index in [4.69, 9.17) is 14.7 Å². The van der Waals surface area contributed by atoms with Gasteiger partial charge in [-0.3, -0.25) is 4.79 Å². The van der Waals surface area contributed by atoms with Crippen LogP contribution in [0.4, 0.5) is 0 Å². The number of carbonyl (C=O) groups is 1. The molecule has 1 aliphatic rings. The molecular formula is C31H28BrN3O3. The van der Waals surface area contributed by atoms with Crippen molar-refractivity contribution in [3.05, 3.63) is 100 Å². The fourth-order valence-electron chi connectivity index (χ4n) is 5.52. The van der Waals surface area contributed by atoms with Crippen molar-refractivity contribution in [2.75, 3.05) is 0 Å². The van der Waals surface area contributed by atoms with E-state index in [1.54, 1.807) is 0 Å². The number of para-hydroxylation sites is 1. The van der Waals surface area contributed by atoms with Gasteiger partial charge in [-0.25, -0.2) is 9.97 Å². The molecule has 0 aliphatic heterocycles. The molecule has 0 unspecified atom stereocenters. The Kier molecular flexibility index (Phi) is 6.85. The van der Waals surface area contributed by atoms with Crippen molar-refractivity contribution in [2.24, 2.45) is 5.92 Å². The second-order valence-corrected chi connectivity index (χ2v) is 10.9. The molecule has 1 aliphatic carbocycles. The summed E-state index contributed by atoms with van der Waals surface area (Å²) >= 11 is 3.51. The molecule has 2 atom stereocenters. The topological polar surface area (TPSA) is 77.2 Å². The quantitative estimate of drug-likeness (QED) is 0.222. The molecule has 2 aromatic heterocycles.